The van der Waals surface area contributed by atoms with Crippen molar-refractivity contribution in [3.8, 4) is 11.5 Å². The van der Waals surface area contributed by atoms with E-state index in [1.165, 1.54) is 0 Å². The first-order chi connectivity index (χ1) is 9.85. The van der Waals surface area contributed by atoms with Gasteiger partial charge in [-0.1, -0.05) is 16.4 Å². The van der Waals surface area contributed by atoms with Crippen molar-refractivity contribution in [1.29, 1.82) is 0 Å². The number of nitrogens with zero attached hydrogens (tertiary/aromatic N) is 6. The van der Waals surface area contributed by atoms with E-state index < -0.39 is 0 Å². The highest BCUT2D eigenvalue weighted by Crippen LogP contribution is 2.12. The predicted octanol–water partition coefficient (Wildman–Crippen LogP) is 0.306. The summed E-state index contributed by atoms with van der Waals surface area (Å²) in [5, 5.41) is 20.5. The van der Waals surface area contributed by atoms with E-state index in [0.29, 0.717) is 30.4 Å². The Hall–Kier alpha value is -2.61. The number of rotatable bonds is 5. The van der Waals surface area contributed by atoms with E-state index in [2.05, 4.69) is 25.4 Å². The van der Waals surface area contributed by atoms with Crippen molar-refractivity contribution >= 4 is 0 Å². The second-order valence-corrected chi connectivity index (χ2v) is 4.11. The lowest BCUT2D eigenvalue weighted by Crippen LogP contribution is -2.00. The Kier molecular flexibility index (Phi) is 3.46. The zero-order chi connectivity index (χ0) is 13.8. The van der Waals surface area contributed by atoms with Crippen molar-refractivity contribution in [3.05, 3.63) is 42.2 Å². The maximum atomic E-state index is 8.82. The van der Waals surface area contributed by atoms with E-state index in [-0.39, 0.29) is 6.61 Å². The van der Waals surface area contributed by atoms with Gasteiger partial charge in [0.1, 0.15) is 12.2 Å². The lowest BCUT2D eigenvalue weighted by Gasteiger charge is -1.92. The van der Waals surface area contributed by atoms with E-state index in [0.717, 1.165) is 5.69 Å². The molecular formula is C12H12N6O2. The summed E-state index contributed by atoms with van der Waals surface area (Å²) < 4.78 is 6.74. The average molecular weight is 272 g/mol. The van der Waals surface area contributed by atoms with Gasteiger partial charge >= 0.3 is 0 Å². The molecule has 3 rings (SSSR count). The first-order valence-corrected chi connectivity index (χ1v) is 6.09. The number of hydrogen-bond acceptors (Lipinski definition) is 7. The highest BCUT2D eigenvalue weighted by molar-refractivity contribution is 5.46. The number of hydrogen-bond donors (Lipinski definition) is 1. The van der Waals surface area contributed by atoms with Crippen LogP contribution in [0.25, 0.3) is 11.5 Å². The molecule has 0 aliphatic carbocycles. The van der Waals surface area contributed by atoms with E-state index in [1.54, 1.807) is 17.1 Å². The van der Waals surface area contributed by atoms with Gasteiger partial charge in [0.15, 0.2) is 0 Å². The summed E-state index contributed by atoms with van der Waals surface area (Å²) in [6.07, 6.45) is 3.88. The van der Waals surface area contributed by atoms with Gasteiger partial charge < -0.3 is 9.63 Å². The van der Waals surface area contributed by atoms with Crippen molar-refractivity contribution in [2.45, 2.75) is 13.0 Å². The number of aromatic nitrogens is 6. The van der Waals surface area contributed by atoms with Gasteiger partial charge in [0.25, 0.3) is 0 Å². The molecule has 0 saturated carbocycles. The summed E-state index contributed by atoms with van der Waals surface area (Å²) in [6, 6.07) is 5.49. The predicted molar refractivity (Wildman–Crippen MR) is 67.4 cm³/mol. The molecule has 0 radical (unpaired) electrons. The molecule has 0 fully saturated rings. The van der Waals surface area contributed by atoms with Crippen LogP contribution in [0.1, 0.15) is 11.6 Å². The lowest BCUT2D eigenvalue weighted by atomic mass is 10.3. The zero-order valence-corrected chi connectivity index (χ0v) is 10.5. The largest absolute Gasteiger partial charge is 0.396 e. The standard InChI is InChI=1S/C12H12N6O2/c19-6-4-9-7-18(17-15-9)8-11-14-12(16-20-11)10-3-1-2-5-13-10/h1-3,5,7,19H,4,6,8H2. The smallest absolute Gasteiger partial charge is 0.248 e. The topological polar surface area (TPSA) is 103 Å². The van der Waals surface area contributed by atoms with Crippen LogP contribution in [0, 0.1) is 0 Å². The normalized spacial score (nSPS) is 10.8. The maximum Gasteiger partial charge on any atom is 0.248 e. The molecule has 0 bridgehead atoms. The van der Waals surface area contributed by atoms with E-state index in [9.17, 15) is 0 Å². The van der Waals surface area contributed by atoms with Gasteiger partial charge in [-0.15, -0.1) is 5.10 Å². The SMILES string of the molecule is OCCc1cn(Cc2nc(-c3ccccn3)no2)nn1. The van der Waals surface area contributed by atoms with Crippen molar-refractivity contribution in [2.24, 2.45) is 0 Å². The van der Waals surface area contributed by atoms with Crippen LogP contribution in [-0.2, 0) is 13.0 Å². The third-order valence-corrected chi connectivity index (χ3v) is 2.61. The number of aliphatic hydroxyl groups is 1. The molecule has 20 heavy (non-hydrogen) atoms. The summed E-state index contributed by atoms with van der Waals surface area (Å²) >= 11 is 0. The summed E-state index contributed by atoms with van der Waals surface area (Å²) in [5.74, 6) is 0.863. The number of aliphatic hydroxyl groups excluding tert-OH is 1. The molecule has 3 heterocycles. The molecule has 102 valence electrons. The molecule has 8 heteroatoms. The Morgan fingerprint density at radius 2 is 2.25 bits per heavy atom. The van der Waals surface area contributed by atoms with Crippen molar-refractivity contribution in [2.75, 3.05) is 6.61 Å². The van der Waals surface area contributed by atoms with E-state index in [1.807, 2.05) is 18.2 Å². The third-order valence-electron chi connectivity index (χ3n) is 2.61. The molecule has 0 amide bonds. The average Bonchev–Trinajstić information content (AvgIpc) is 3.11. The highest BCUT2D eigenvalue weighted by atomic mass is 16.5. The van der Waals surface area contributed by atoms with Crippen LogP contribution in [-0.4, -0.2) is 41.8 Å². The van der Waals surface area contributed by atoms with Gasteiger partial charge in [0.05, 0.1) is 5.69 Å². The molecule has 1 N–H and O–H groups in total. The quantitative estimate of drug-likeness (QED) is 0.712. The third kappa shape index (κ3) is 2.69. The minimum Gasteiger partial charge on any atom is -0.396 e. The summed E-state index contributed by atoms with van der Waals surface area (Å²) in [4.78, 5) is 8.40. The molecule has 0 saturated heterocycles. The fraction of sp³-hybridized carbons (Fsp3) is 0.250. The van der Waals surface area contributed by atoms with Gasteiger partial charge in [-0.25, -0.2) is 4.68 Å². The molecule has 8 nitrogen and oxygen atoms in total. The van der Waals surface area contributed by atoms with Crippen LogP contribution < -0.4 is 0 Å². The van der Waals surface area contributed by atoms with Crippen molar-refractivity contribution in [3.63, 3.8) is 0 Å². The fourth-order valence-corrected chi connectivity index (χ4v) is 1.70. The van der Waals surface area contributed by atoms with Gasteiger partial charge in [-0.2, -0.15) is 4.98 Å². The lowest BCUT2D eigenvalue weighted by molar-refractivity contribution is 0.298. The molecule has 0 spiro atoms. The second kappa shape index (κ2) is 5.57. The molecule has 3 aromatic heterocycles. The van der Waals surface area contributed by atoms with Crippen LogP contribution in [0.5, 0.6) is 0 Å². The molecular weight excluding hydrogens is 260 g/mol. The van der Waals surface area contributed by atoms with Gasteiger partial charge in [0, 0.05) is 25.4 Å². The van der Waals surface area contributed by atoms with Crippen LogP contribution >= 0.6 is 0 Å². The Balaban J connectivity index is 1.73. The minimum atomic E-state index is 0.0447. The van der Waals surface area contributed by atoms with Crippen LogP contribution in [0.15, 0.2) is 35.1 Å². The molecule has 0 unspecified atom stereocenters. The highest BCUT2D eigenvalue weighted by Gasteiger charge is 2.10. The Bertz CT molecular complexity index is 678. The fourth-order valence-electron chi connectivity index (χ4n) is 1.70. The molecule has 0 atom stereocenters. The minimum absolute atomic E-state index is 0.0447. The first kappa shape index (κ1) is 12.4. The summed E-state index contributed by atoms with van der Waals surface area (Å²) in [7, 11) is 0. The maximum absolute atomic E-state index is 8.82. The van der Waals surface area contributed by atoms with Gasteiger partial charge in [-0.05, 0) is 12.1 Å². The second-order valence-electron chi connectivity index (χ2n) is 4.11. The van der Waals surface area contributed by atoms with Crippen LogP contribution in [0.2, 0.25) is 0 Å². The Labute approximate surface area is 114 Å². The van der Waals surface area contributed by atoms with E-state index >= 15 is 0 Å². The van der Waals surface area contributed by atoms with Crippen molar-refractivity contribution < 1.29 is 9.63 Å². The van der Waals surface area contributed by atoms with Crippen molar-refractivity contribution in [1.82, 2.24) is 30.1 Å². The monoisotopic (exact) mass is 272 g/mol. The zero-order valence-electron chi connectivity index (χ0n) is 10.5. The Morgan fingerprint density at radius 3 is 3.05 bits per heavy atom. The van der Waals surface area contributed by atoms with Gasteiger partial charge in [0.2, 0.25) is 11.7 Å². The van der Waals surface area contributed by atoms with Gasteiger partial charge in [-0.3, -0.25) is 4.98 Å². The molecule has 0 aromatic carbocycles. The first-order valence-electron chi connectivity index (χ1n) is 6.09. The van der Waals surface area contributed by atoms with Crippen LogP contribution in [0.4, 0.5) is 0 Å². The molecule has 0 aliphatic heterocycles. The summed E-state index contributed by atoms with van der Waals surface area (Å²) in [6.45, 7) is 0.376. The van der Waals surface area contributed by atoms with Crippen LogP contribution in [0.3, 0.4) is 0 Å². The molecule has 0 aliphatic rings. The van der Waals surface area contributed by atoms with E-state index in [4.69, 9.17) is 9.63 Å². The summed E-state index contributed by atoms with van der Waals surface area (Å²) in [5.41, 5.74) is 1.37. The number of pyridine rings is 1. The molecule has 3 aromatic rings. The Morgan fingerprint density at radius 1 is 1.30 bits per heavy atom.